The number of aliphatic hydroxyl groups excluding tert-OH is 1. The van der Waals surface area contributed by atoms with Gasteiger partial charge < -0.3 is 19.1 Å². The minimum Gasteiger partial charge on any atom is -0.464 e. The largest absolute Gasteiger partial charge is 0.464 e. The zero-order valence-corrected chi connectivity index (χ0v) is 16.4. The lowest BCUT2D eigenvalue weighted by Gasteiger charge is -2.16. The van der Waals surface area contributed by atoms with Gasteiger partial charge in [-0.05, 0) is 12.1 Å². The van der Waals surface area contributed by atoms with E-state index in [1.807, 2.05) is 0 Å². The van der Waals surface area contributed by atoms with Gasteiger partial charge in [-0.1, -0.05) is 31.8 Å². The van der Waals surface area contributed by atoms with Crippen LogP contribution in [0.3, 0.4) is 0 Å². The highest BCUT2D eigenvalue weighted by Crippen LogP contribution is 2.34. The second-order valence-corrected chi connectivity index (χ2v) is 12.8. The minimum atomic E-state index is -3.83. The molecule has 0 unspecified atom stereocenters. The van der Waals surface area contributed by atoms with Crippen molar-refractivity contribution in [3.05, 3.63) is 29.6 Å². The number of aliphatic hydroxyl groups is 1. The summed E-state index contributed by atoms with van der Waals surface area (Å²) in [5.74, 6) is -5.30. The second-order valence-electron chi connectivity index (χ2n) is 7.20. The summed E-state index contributed by atoms with van der Waals surface area (Å²) in [6, 6.07) is 5.10. The van der Waals surface area contributed by atoms with Gasteiger partial charge in [0, 0.05) is 14.7 Å². The lowest BCUT2D eigenvalue weighted by atomic mass is 10.1. The topological polar surface area (TPSA) is 73.6 Å². The molecule has 0 bridgehead atoms. The number of hydrogen-bond donors (Lipinski definition) is 1. The monoisotopic (exact) mass is 386 g/mol. The molecular formula is C17H24F2N2O4Si. The highest BCUT2D eigenvalue weighted by Gasteiger charge is 2.44. The molecule has 1 aromatic carbocycles. The van der Waals surface area contributed by atoms with Gasteiger partial charge in [-0.3, -0.25) is 0 Å². The van der Waals surface area contributed by atoms with E-state index in [4.69, 9.17) is 4.74 Å². The van der Waals surface area contributed by atoms with Crippen molar-refractivity contribution in [1.82, 2.24) is 9.55 Å². The molecule has 0 fully saturated rings. The first kappa shape index (κ1) is 20.5. The zero-order chi connectivity index (χ0) is 19.5. The highest BCUT2D eigenvalue weighted by molar-refractivity contribution is 6.76. The fourth-order valence-electron chi connectivity index (χ4n) is 2.49. The maximum Gasteiger partial charge on any atom is 0.381 e. The number of carbonyl (C=O) groups excluding carboxylic acids is 1. The van der Waals surface area contributed by atoms with Crippen molar-refractivity contribution >= 4 is 25.1 Å². The number of aromatic nitrogens is 2. The molecule has 2 rings (SSSR count). The molecule has 0 aliphatic carbocycles. The standard InChI is InChI=1S/C17H24F2N2O4Si/c1-24-16(23)17(18,19)12-6-5-7-13-15(12)20-14(10-22)21(13)11-25-8-9-26(2,3)4/h5-7,22H,8-11H2,1-4H3. The normalized spacial score (nSPS) is 12.6. The quantitative estimate of drug-likeness (QED) is 0.429. The van der Waals surface area contributed by atoms with Crippen molar-refractivity contribution < 1.29 is 28.2 Å². The van der Waals surface area contributed by atoms with Crippen LogP contribution in [0.5, 0.6) is 0 Å². The average Bonchev–Trinajstić information content (AvgIpc) is 2.94. The van der Waals surface area contributed by atoms with E-state index >= 15 is 0 Å². The number of para-hydroxylation sites is 1. The summed E-state index contributed by atoms with van der Waals surface area (Å²) >= 11 is 0. The van der Waals surface area contributed by atoms with E-state index in [1.165, 1.54) is 10.6 Å². The number of ether oxygens (including phenoxy) is 2. The van der Waals surface area contributed by atoms with Crippen LogP contribution in [0.4, 0.5) is 8.78 Å². The van der Waals surface area contributed by atoms with Crippen LogP contribution < -0.4 is 0 Å². The predicted molar refractivity (Wildman–Crippen MR) is 95.7 cm³/mol. The van der Waals surface area contributed by atoms with Gasteiger partial charge in [-0.15, -0.1) is 0 Å². The van der Waals surface area contributed by atoms with Gasteiger partial charge in [0.1, 0.15) is 19.2 Å². The Morgan fingerprint density at radius 2 is 2.04 bits per heavy atom. The molecular weight excluding hydrogens is 362 g/mol. The van der Waals surface area contributed by atoms with Gasteiger partial charge in [0.15, 0.2) is 0 Å². The van der Waals surface area contributed by atoms with E-state index in [0.717, 1.165) is 19.2 Å². The Bertz CT molecular complexity index is 787. The van der Waals surface area contributed by atoms with Gasteiger partial charge >= 0.3 is 11.9 Å². The Morgan fingerprint density at radius 1 is 1.35 bits per heavy atom. The molecule has 0 atom stereocenters. The maximum atomic E-state index is 14.3. The molecule has 0 spiro atoms. The molecule has 6 nitrogen and oxygen atoms in total. The van der Waals surface area contributed by atoms with Gasteiger partial charge in [0.2, 0.25) is 0 Å². The fourth-order valence-corrected chi connectivity index (χ4v) is 3.24. The Hall–Kier alpha value is -1.84. The van der Waals surface area contributed by atoms with Crippen molar-refractivity contribution in [2.45, 2.75) is 44.9 Å². The number of hydrogen-bond acceptors (Lipinski definition) is 5. The number of fused-ring (bicyclic) bond motifs is 1. The first-order valence-corrected chi connectivity index (χ1v) is 12.0. The molecule has 2 aromatic rings. The number of halogens is 2. The zero-order valence-electron chi connectivity index (χ0n) is 15.4. The third-order valence-electron chi connectivity index (χ3n) is 4.00. The number of imidazole rings is 1. The Morgan fingerprint density at radius 3 is 2.62 bits per heavy atom. The molecule has 9 heteroatoms. The van der Waals surface area contributed by atoms with Crippen LogP contribution in [0.2, 0.25) is 25.7 Å². The molecule has 0 radical (unpaired) electrons. The van der Waals surface area contributed by atoms with Crippen molar-refractivity contribution in [3.8, 4) is 0 Å². The lowest BCUT2D eigenvalue weighted by molar-refractivity contribution is -0.170. The first-order chi connectivity index (χ1) is 12.1. The number of methoxy groups -OCH3 is 1. The van der Waals surface area contributed by atoms with E-state index in [1.54, 1.807) is 6.07 Å². The predicted octanol–water partition coefficient (Wildman–Crippen LogP) is 3.11. The SMILES string of the molecule is COC(=O)C(F)(F)c1cccc2c1nc(CO)n2COCC[Si](C)(C)C. The van der Waals surface area contributed by atoms with E-state index in [0.29, 0.717) is 12.1 Å². The first-order valence-electron chi connectivity index (χ1n) is 8.25. The molecule has 0 aliphatic rings. The summed E-state index contributed by atoms with van der Waals surface area (Å²) in [6.07, 6.45) is 0. The van der Waals surface area contributed by atoms with Crippen molar-refractivity contribution in [3.63, 3.8) is 0 Å². The van der Waals surface area contributed by atoms with Crippen LogP contribution in [-0.2, 0) is 33.5 Å². The minimum absolute atomic E-state index is 0.0549. The van der Waals surface area contributed by atoms with Crippen LogP contribution >= 0.6 is 0 Å². The van der Waals surface area contributed by atoms with Gasteiger partial charge in [0.25, 0.3) is 0 Å². The number of esters is 1. The Labute approximate surface area is 151 Å². The smallest absolute Gasteiger partial charge is 0.381 e. The lowest BCUT2D eigenvalue weighted by Crippen LogP contribution is -2.27. The molecule has 1 aromatic heterocycles. The number of benzene rings is 1. The highest BCUT2D eigenvalue weighted by atomic mass is 28.3. The average molecular weight is 386 g/mol. The van der Waals surface area contributed by atoms with Crippen LogP contribution in [0.25, 0.3) is 11.0 Å². The summed E-state index contributed by atoms with van der Waals surface area (Å²) in [5, 5.41) is 9.54. The molecule has 0 saturated carbocycles. The summed E-state index contributed by atoms with van der Waals surface area (Å²) in [6.45, 7) is 6.87. The van der Waals surface area contributed by atoms with E-state index < -0.39 is 32.1 Å². The molecule has 0 saturated heterocycles. The maximum absolute atomic E-state index is 14.3. The molecule has 1 N–H and O–H groups in total. The van der Waals surface area contributed by atoms with Gasteiger partial charge in [0.05, 0.1) is 23.7 Å². The molecule has 0 aliphatic heterocycles. The van der Waals surface area contributed by atoms with Crippen LogP contribution in [0, 0.1) is 0 Å². The molecule has 144 valence electrons. The number of nitrogens with zero attached hydrogens (tertiary/aromatic N) is 2. The van der Waals surface area contributed by atoms with Crippen molar-refractivity contribution in [2.75, 3.05) is 13.7 Å². The summed E-state index contributed by atoms with van der Waals surface area (Å²) < 4.78 is 40.1. The molecule has 0 amide bonds. The Balaban J connectivity index is 2.37. The second kappa shape index (κ2) is 7.81. The fraction of sp³-hybridized carbons (Fsp3) is 0.529. The van der Waals surface area contributed by atoms with Crippen LogP contribution in [0.15, 0.2) is 18.2 Å². The van der Waals surface area contributed by atoms with Crippen molar-refractivity contribution in [1.29, 1.82) is 0 Å². The molecule has 1 heterocycles. The molecule has 26 heavy (non-hydrogen) atoms. The Kier molecular flexibility index (Phi) is 6.15. The third kappa shape index (κ3) is 4.28. The third-order valence-corrected chi connectivity index (χ3v) is 5.70. The van der Waals surface area contributed by atoms with Gasteiger partial charge in [-0.2, -0.15) is 8.78 Å². The summed E-state index contributed by atoms with van der Waals surface area (Å²) in [5.41, 5.74) is -0.249. The van der Waals surface area contributed by atoms with Crippen LogP contribution in [-0.4, -0.2) is 42.4 Å². The van der Waals surface area contributed by atoms with Gasteiger partial charge in [-0.25, -0.2) is 9.78 Å². The van der Waals surface area contributed by atoms with E-state index in [2.05, 4.69) is 29.4 Å². The number of rotatable bonds is 8. The van der Waals surface area contributed by atoms with E-state index in [9.17, 15) is 18.7 Å². The summed E-state index contributed by atoms with van der Waals surface area (Å²) in [7, 11) is -0.352. The summed E-state index contributed by atoms with van der Waals surface area (Å²) in [4.78, 5) is 15.6. The number of alkyl halides is 2. The van der Waals surface area contributed by atoms with E-state index in [-0.39, 0.29) is 18.1 Å². The van der Waals surface area contributed by atoms with Crippen molar-refractivity contribution in [2.24, 2.45) is 0 Å². The number of carbonyl (C=O) groups is 1. The van der Waals surface area contributed by atoms with Crippen LogP contribution in [0.1, 0.15) is 11.4 Å².